The van der Waals surface area contributed by atoms with Gasteiger partial charge in [-0.2, -0.15) is 4.98 Å². The Labute approximate surface area is 217 Å². The number of anilines is 4. The van der Waals surface area contributed by atoms with Crippen LogP contribution >= 0.6 is 11.6 Å². The van der Waals surface area contributed by atoms with Crippen molar-refractivity contribution in [1.29, 1.82) is 0 Å². The number of rotatable bonds is 7. The number of nitrogens with one attached hydrogen (secondary N) is 2. The molecule has 8 nitrogen and oxygen atoms in total. The van der Waals surface area contributed by atoms with E-state index in [-0.39, 0.29) is 5.41 Å². The Balaban J connectivity index is 1.32. The third kappa shape index (κ3) is 4.96. The molecule has 5 rings (SSSR count). The van der Waals surface area contributed by atoms with Crippen LogP contribution < -0.4 is 20.3 Å². The molecule has 1 saturated heterocycles. The first-order chi connectivity index (χ1) is 17.3. The van der Waals surface area contributed by atoms with Crippen molar-refractivity contribution in [3.63, 3.8) is 0 Å². The summed E-state index contributed by atoms with van der Waals surface area (Å²) in [6, 6.07) is 12.4. The van der Waals surface area contributed by atoms with Crippen molar-refractivity contribution < 1.29 is 4.74 Å². The zero-order chi connectivity index (χ0) is 25.3. The Morgan fingerprint density at radius 1 is 1.11 bits per heavy atom. The predicted octanol–water partition coefficient (Wildman–Crippen LogP) is 5.24. The van der Waals surface area contributed by atoms with Crippen LogP contribution in [-0.2, 0) is 12.0 Å². The average Bonchev–Trinajstić information content (AvgIpc) is 3.20. The summed E-state index contributed by atoms with van der Waals surface area (Å²) in [7, 11) is 3.83. The van der Waals surface area contributed by atoms with E-state index in [1.165, 1.54) is 11.1 Å². The van der Waals surface area contributed by atoms with Crippen molar-refractivity contribution in [2.75, 3.05) is 55.9 Å². The van der Waals surface area contributed by atoms with Crippen molar-refractivity contribution in [3.05, 3.63) is 58.7 Å². The summed E-state index contributed by atoms with van der Waals surface area (Å²) in [6.45, 7) is 9.02. The fraction of sp³-hybridized carbons (Fsp3) is 0.370. The van der Waals surface area contributed by atoms with Gasteiger partial charge in [0.2, 0.25) is 5.95 Å². The maximum atomic E-state index is 6.44. The molecule has 2 aliphatic heterocycles. The molecule has 9 heteroatoms. The molecular formula is C27H32ClN7O. The summed E-state index contributed by atoms with van der Waals surface area (Å²) in [4.78, 5) is 18.3. The maximum absolute atomic E-state index is 6.44. The number of fused-ring (bicyclic) bond motifs is 1. The van der Waals surface area contributed by atoms with E-state index >= 15 is 0 Å². The van der Waals surface area contributed by atoms with Crippen LogP contribution in [-0.4, -0.2) is 61.4 Å². The molecule has 2 aliphatic rings. The van der Waals surface area contributed by atoms with Gasteiger partial charge in [-0.1, -0.05) is 37.6 Å². The highest BCUT2D eigenvalue weighted by atomic mass is 35.5. The van der Waals surface area contributed by atoms with Gasteiger partial charge in [-0.25, -0.2) is 4.98 Å². The summed E-state index contributed by atoms with van der Waals surface area (Å²) in [5.41, 5.74) is 5.24. The lowest BCUT2D eigenvalue weighted by Crippen LogP contribution is -2.44. The number of hydrogen-bond donors (Lipinski definition) is 2. The normalized spacial score (nSPS) is 16.6. The van der Waals surface area contributed by atoms with Gasteiger partial charge in [0.15, 0.2) is 5.82 Å². The molecule has 0 saturated carbocycles. The van der Waals surface area contributed by atoms with E-state index in [1.807, 2.05) is 24.4 Å². The zero-order valence-electron chi connectivity index (χ0n) is 21.2. The van der Waals surface area contributed by atoms with Gasteiger partial charge in [-0.15, -0.1) is 0 Å². The summed E-state index contributed by atoms with van der Waals surface area (Å²) >= 11 is 6.44. The molecule has 1 aromatic heterocycles. The fourth-order valence-corrected chi connectivity index (χ4v) is 4.93. The Kier molecular flexibility index (Phi) is 6.73. The molecule has 0 aliphatic carbocycles. The number of benzene rings is 2. The molecule has 2 N–H and O–H groups in total. The third-order valence-corrected chi connectivity index (χ3v) is 7.07. The molecule has 1 fully saturated rings. The number of aliphatic imine (C=N–C) groups is 1. The van der Waals surface area contributed by atoms with Crippen molar-refractivity contribution >= 4 is 46.6 Å². The lowest BCUT2D eigenvalue weighted by atomic mass is 9.84. The molecule has 2 aromatic carbocycles. The summed E-state index contributed by atoms with van der Waals surface area (Å²) in [5.74, 6) is 1.74. The highest BCUT2D eigenvalue weighted by Crippen LogP contribution is 2.39. The fourth-order valence-electron chi connectivity index (χ4n) is 4.78. The van der Waals surface area contributed by atoms with Gasteiger partial charge in [0.05, 0.1) is 24.7 Å². The lowest BCUT2D eigenvalue weighted by Gasteiger charge is -2.34. The third-order valence-electron chi connectivity index (χ3n) is 6.79. The number of aromatic nitrogens is 2. The van der Waals surface area contributed by atoms with Crippen LogP contribution in [0.25, 0.3) is 0 Å². The first-order valence-corrected chi connectivity index (χ1v) is 12.5. The Morgan fingerprint density at radius 3 is 2.69 bits per heavy atom. The smallest absolute Gasteiger partial charge is 0.229 e. The average molecular weight is 506 g/mol. The largest absolute Gasteiger partial charge is 0.494 e. The van der Waals surface area contributed by atoms with Gasteiger partial charge in [-0.3, -0.25) is 4.99 Å². The molecule has 0 bridgehead atoms. The molecule has 0 unspecified atom stereocenters. The topological polar surface area (TPSA) is 77.9 Å². The maximum Gasteiger partial charge on any atom is 0.229 e. The molecule has 3 aromatic rings. The lowest BCUT2D eigenvalue weighted by molar-refractivity contribution is 0.312. The van der Waals surface area contributed by atoms with Crippen molar-refractivity contribution in [3.8, 4) is 5.75 Å². The second kappa shape index (κ2) is 9.95. The molecule has 0 spiro atoms. The van der Waals surface area contributed by atoms with Gasteiger partial charge in [-0.05, 0) is 36.4 Å². The minimum atomic E-state index is -0.109. The number of nitrogens with zero attached hydrogens (tertiary/aromatic N) is 5. The Morgan fingerprint density at radius 2 is 1.92 bits per heavy atom. The van der Waals surface area contributed by atoms with Crippen molar-refractivity contribution in [2.24, 2.45) is 4.99 Å². The predicted molar refractivity (Wildman–Crippen MR) is 148 cm³/mol. The van der Waals surface area contributed by atoms with Crippen LogP contribution in [0, 0.1) is 0 Å². The van der Waals surface area contributed by atoms with E-state index < -0.39 is 0 Å². The van der Waals surface area contributed by atoms with E-state index in [0.29, 0.717) is 23.3 Å². The molecule has 0 atom stereocenters. The van der Waals surface area contributed by atoms with E-state index in [9.17, 15) is 0 Å². The molecule has 0 radical (unpaired) electrons. The standard InChI is InChI=1S/C27H32ClN7O/c1-27(2)17-31-22-7-5-6-18(24(22)27)15-29-25-20(28)16-30-26(33-25)32-21-9-8-19(14-23(21)36-4)35-12-10-34(3)11-13-35/h5-9,14,16-17H,10-13,15H2,1-4H3,(H2,29,30,32,33). The second-order valence-electron chi connectivity index (χ2n) is 9.83. The highest BCUT2D eigenvalue weighted by Gasteiger charge is 2.29. The van der Waals surface area contributed by atoms with Crippen LogP contribution in [0.1, 0.15) is 25.0 Å². The number of halogens is 1. The number of ether oxygens (including phenoxy) is 1. The van der Waals surface area contributed by atoms with Gasteiger partial charge in [0, 0.05) is 56.1 Å². The Bertz CT molecular complexity index is 1290. The van der Waals surface area contributed by atoms with Gasteiger partial charge >= 0.3 is 0 Å². The number of likely N-dealkylation sites (N-methyl/N-ethyl adjacent to an activating group) is 1. The van der Waals surface area contributed by atoms with Crippen LogP contribution in [0.15, 0.2) is 47.6 Å². The Hall–Kier alpha value is -3.36. The molecule has 3 heterocycles. The minimum absolute atomic E-state index is 0.109. The monoisotopic (exact) mass is 505 g/mol. The molecule has 36 heavy (non-hydrogen) atoms. The van der Waals surface area contributed by atoms with Crippen LogP contribution in [0.5, 0.6) is 5.75 Å². The number of hydrogen-bond acceptors (Lipinski definition) is 8. The van der Waals surface area contributed by atoms with Crippen LogP contribution in [0.2, 0.25) is 5.02 Å². The molecule has 188 valence electrons. The van der Waals surface area contributed by atoms with Gasteiger partial charge < -0.3 is 25.2 Å². The van der Waals surface area contributed by atoms with Crippen molar-refractivity contribution in [2.45, 2.75) is 25.8 Å². The number of methoxy groups -OCH3 is 1. The van der Waals surface area contributed by atoms with E-state index in [2.05, 4.69) is 74.5 Å². The van der Waals surface area contributed by atoms with Crippen LogP contribution in [0.3, 0.4) is 0 Å². The minimum Gasteiger partial charge on any atom is -0.494 e. The van der Waals surface area contributed by atoms with Gasteiger partial charge in [0.25, 0.3) is 0 Å². The quantitative estimate of drug-likeness (QED) is 0.454. The van der Waals surface area contributed by atoms with Gasteiger partial charge in [0.1, 0.15) is 10.8 Å². The highest BCUT2D eigenvalue weighted by molar-refractivity contribution is 6.32. The zero-order valence-corrected chi connectivity index (χ0v) is 21.9. The molecule has 0 amide bonds. The number of piperazine rings is 1. The van der Waals surface area contributed by atoms with Crippen molar-refractivity contribution in [1.82, 2.24) is 14.9 Å². The second-order valence-corrected chi connectivity index (χ2v) is 10.2. The van der Waals surface area contributed by atoms with E-state index in [4.69, 9.17) is 16.3 Å². The van der Waals surface area contributed by atoms with E-state index in [1.54, 1.807) is 13.3 Å². The summed E-state index contributed by atoms with van der Waals surface area (Å²) in [5, 5.41) is 7.13. The SMILES string of the molecule is COc1cc(N2CCN(C)CC2)ccc1Nc1ncc(Cl)c(NCc2cccc3c2C(C)(C)C=N3)n1. The summed E-state index contributed by atoms with van der Waals surface area (Å²) in [6.07, 6.45) is 3.61. The first kappa shape index (κ1) is 24.3. The van der Waals surface area contributed by atoms with Crippen LogP contribution in [0.4, 0.5) is 28.8 Å². The molecular weight excluding hydrogens is 474 g/mol. The van der Waals surface area contributed by atoms with E-state index in [0.717, 1.165) is 49.0 Å². The summed E-state index contributed by atoms with van der Waals surface area (Å²) < 4.78 is 5.68. The first-order valence-electron chi connectivity index (χ1n) is 12.2.